The van der Waals surface area contributed by atoms with Crippen molar-refractivity contribution in [3.8, 4) is 6.07 Å². The number of Topliss-reactive ketones (excluding diaryl/α,β-unsaturated/α-hetero) is 1. The topological polar surface area (TPSA) is 124 Å². The van der Waals surface area contributed by atoms with Crippen LogP contribution in [0.4, 0.5) is 10.1 Å². The van der Waals surface area contributed by atoms with E-state index in [1.165, 1.54) is 22.8 Å². The zero-order valence-corrected chi connectivity index (χ0v) is 17.8. The Morgan fingerprint density at radius 3 is 2.55 bits per heavy atom. The number of carbonyl (C=O) groups is 3. The highest BCUT2D eigenvalue weighted by atomic mass is 19.1. The number of hydrogen-bond donors (Lipinski definition) is 3. The molecule has 31 heavy (non-hydrogen) atoms. The van der Waals surface area contributed by atoms with Crippen molar-refractivity contribution in [2.45, 2.75) is 33.2 Å². The summed E-state index contributed by atoms with van der Waals surface area (Å²) in [4.78, 5) is 37.8. The van der Waals surface area contributed by atoms with Gasteiger partial charge in [0.25, 0.3) is 17.6 Å². The number of nitrogens with zero attached hydrogens (tertiary/aromatic N) is 2. The maximum absolute atomic E-state index is 13.5. The number of aliphatic hydroxyl groups excluding tert-OH is 1. The molecule has 0 spiro atoms. The van der Waals surface area contributed by atoms with Crippen molar-refractivity contribution in [3.05, 3.63) is 52.6 Å². The molecule has 0 radical (unpaired) electrons. The summed E-state index contributed by atoms with van der Waals surface area (Å²) in [5, 5.41) is 23.5. The van der Waals surface area contributed by atoms with Gasteiger partial charge >= 0.3 is 0 Å². The zero-order valence-electron chi connectivity index (χ0n) is 17.8. The molecular formula is C22H25FN4O4. The third-order valence-corrected chi connectivity index (χ3v) is 5.41. The van der Waals surface area contributed by atoms with Gasteiger partial charge in [-0.3, -0.25) is 14.4 Å². The van der Waals surface area contributed by atoms with E-state index >= 15 is 0 Å². The maximum Gasteiger partial charge on any atom is 0.292 e. The number of halogens is 1. The van der Waals surface area contributed by atoms with Crippen LogP contribution in [0.1, 0.15) is 52.4 Å². The fourth-order valence-corrected chi connectivity index (χ4v) is 3.04. The van der Waals surface area contributed by atoms with Gasteiger partial charge in [0.15, 0.2) is 0 Å². The molecule has 8 nitrogen and oxygen atoms in total. The highest BCUT2D eigenvalue weighted by molar-refractivity contribution is 6.43. The van der Waals surface area contributed by atoms with Crippen molar-refractivity contribution in [1.82, 2.24) is 9.88 Å². The molecule has 3 N–H and O–H groups in total. The van der Waals surface area contributed by atoms with E-state index in [4.69, 9.17) is 5.26 Å². The molecule has 0 aliphatic rings. The monoisotopic (exact) mass is 428 g/mol. The number of nitriles is 1. The SMILES string of the molecule is CC[C@H](C)[C@@H](CO)NC(=O)C(=O)c1cc(C(=O)Nc2ccc(F)c(C#N)c2)n(C)c1C. The number of benzene rings is 1. The first kappa shape index (κ1) is 23.8. The summed E-state index contributed by atoms with van der Waals surface area (Å²) in [6, 6.07) is 6.03. The summed E-state index contributed by atoms with van der Waals surface area (Å²) in [7, 11) is 1.57. The summed E-state index contributed by atoms with van der Waals surface area (Å²) in [5.41, 5.74) is 0.575. The number of aliphatic hydroxyl groups is 1. The number of rotatable bonds is 8. The van der Waals surface area contributed by atoms with Crippen molar-refractivity contribution in [1.29, 1.82) is 5.26 Å². The van der Waals surface area contributed by atoms with Crippen LogP contribution in [0.25, 0.3) is 0 Å². The molecule has 0 bridgehead atoms. The number of aromatic nitrogens is 1. The molecule has 0 saturated heterocycles. The standard InChI is InChI=1S/C22H25FN4O4/c1-5-12(2)18(11-28)26-22(31)20(29)16-9-19(27(4)13(16)3)21(30)25-15-6-7-17(23)14(8-15)10-24/h6-9,12,18,28H,5,11H2,1-4H3,(H,25,30)(H,26,31)/t12-,18+/m0/s1. The summed E-state index contributed by atoms with van der Waals surface area (Å²) >= 11 is 0. The zero-order chi connectivity index (χ0) is 23.3. The smallest absolute Gasteiger partial charge is 0.292 e. The van der Waals surface area contributed by atoms with Crippen LogP contribution in [0.5, 0.6) is 0 Å². The van der Waals surface area contributed by atoms with Crippen LogP contribution < -0.4 is 10.6 Å². The van der Waals surface area contributed by atoms with Crippen molar-refractivity contribution in [2.75, 3.05) is 11.9 Å². The maximum atomic E-state index is 13.5. The van der Waals surface area contributed by atoms with Gasteiger partial charge in [0.05, 0.1) is 18.2 Å². The lowest BCUT2D eigenvalue weighted by Crippen LogP contribution is -2.45. The van der Waals surface area contributed by atoms with Gasteiger partial charge in [-0.25, -0.2) is 4.39 Å². The molecule has 2 rings (SSSR count). The summed E-state index contributed by atoms with van der Waals surface area (Å²) in [6.45, 7) is 5.07. The molecular weight excluding hydrogens is 403 g/mol. The van der Waals surface area contributed by atoms with Gasteiger partial charge in [-0.1, -0.05) is 20.3 Å². The summed E-state index contributed by atoms with van der Waals surface area (Å²) in [6.07, 6.45) is 0.714. The Hall–Kier alpha value is -3.51. The normalized spacial score (nSPS) is 12.5. The number of hydrogen-bond acceptors (Lipinski definition) is 5. The first-order valence-corrected chi connectivity index (χ1v) is 9.77. The lowest BCUT2D eigenvalue weighted by molar-refractivity contribution is -0.118. The molecule has 0 saturated carbocycles. The van der Waals surface area contributed by atoms with Gasteiger partial charge in [0.1, 0.15) is 17.6 Å². The summed E-state index contributed by atoms with van der Waals surface area (Å²) in [5.74, 6) is -2.99. The second-order valence-electron chi connectivity index (χ2n) is 7.33. The molecule has 0 unspecified atom stereocenters. The van der Waals surface area contributed by atoms with E-state index in [-0.39, 0.29) is 35.0 Å². The minimum atomic E-state index is -0.864. The number of nitrogens with one attached hydrogen (secondary N) is 2. The average Bonchev–Trinajstić information content (AvgIpc) is 3.06. The van der Waals surface area contributed by atoms with Crippen LogP contribution in [-0.2, 0) is 11.8 Å². The molecule has 1 heterocycles. The second kappa shape index (κ2) is 10.00. The van der Waals surface area contributed by atoms with Crippen LogP contribution >= 0.6 is 0 Å². The molecule has 164 valence electrons. The van der Waals surface area contributed by atoms with E-state index in [0.717, 1.165) is 6.07 Å². The fraction of sp³-hybridized carbons (Fsp3) is 0.364. The molecule has 2 aromatic rings. The molecule has 2 amide bonds. The van der Waals surface area contributed by atoms with Crippen molar-refractivity contribution >= 4 is 23.3 Å². The van der Waals surface area contributed by atoms with Gasteiger partial charge in [0.2, 0.25) is 0 Å². The quantitative estimate of drug-likeness (QED) is 0.440. The van der Waals surface area contributed by atoms with Crippen molar-refractivity contribution in [2.24, 2.45) is 13.0 Å². The highest BCUT2D eigenvalue weighted by Gasteiger charge is 2.27. The largest absolute Gasteiger partial charge is 0.394 e. The van der Waals surface area contributed by atoms with Gasteiger partial charge < -0.3 is 20.3 Å². The Bertz CT molecular complexity index is 1050. The predicted molar refractivity (Wildman–Crippen MR) is 112 cm³/mol. The van der Waals surface area contributed by atoms with E-state index in [0.29, 0.717) is 12.1 Å². The Morgan fingerprint density at radius 2 is 1.97 bits per heavy atom. The van der Waals surface area contributed by atoms with Crippen LogP contribution in [0.15, 0.2) is 24.3 Å². The number of anilines is 1. The third kappa shape index (κ3) is 5.16. The van der Waals surface area contributed by atoms with E-state index in [9.17, 15) is 23.9 Å². The van der Waals surface area contributed by atoms with E-state index in [1.54, 1.807) is 20.0 Å². The Morgan fingerprint density at radius 1 is 1.29 bits per heavy atom. The number of carbonyl (C=O) groups excluding carboxylic acids is 3. The van der Waals surface area contributed by atoms with Gasteiger partial charge in [0, 0.05) is 24.0 Å². The molecule has 0 fully saturated rings. The first-order valence-electron chi connectivity index (χ1n) is 9.77. The third-order valence-electron chi connectivity index (χ3n) is 5.41. The average molecular weight is 428 g/mol. The Labute approximate surface area is 179 Å². The molecule has 2 atom stereocenters. The number of amides is 2. The number of ketones is 1. The minimum Gasteiger partial charge on any atom is -0.394 e. The second-order valence-corrected chi connectivity index (χ2v) is 7.33. The van der Waals surface area contributed by atoms with E-state index in [1.807, 2.05) is 13.8 Å². The van der Waals surface area contributed by atoms with Crippen LogP contribution in [-0.4, -0.2) is 39.9 Å². The fourth-order valence-electron chi connectivity index (χ4n) is 3.04. The lowest BCUT2D eigenvalue weighted by atomic mass is 9.99. The van der Waals surface area contributed by atoms with Gasteiger partial charge in [-0.15, -0.1) is 0 Å². The van der Waals surface area contributed by atoms with Gasteiger partial charge in [-0.2, -0.15) is 5.26 Å². The van der Waals surface area contributed by atoms with Crippen LogP contribution in [0, 0.1) is 30.0 Å². The molecule has 0 aliphatic heterocycles. The molecule has 1 aromatic heterocycles. The first-order chi connectivity index (χ1) is 14.6. The van der Waals surface area contributed by atoms with Crippen molar-refractivity contribution < 1.29 is 23.9 Å². The van der Waals surface area contributed by atoms with E-state index < -0.39 is 29.5 Å². The predicted octanol–water partition coefficient (Wildman–Crippen LogP) is 2.30. The van der Waals surface area contributed by atoms with Crippen LogP contribution in [0.2, 0.25) is 0 Å². The van der Waals surface area contributed by atoms with Gasteiger partial charge in [-0.05, 0) is 37.1 Å². The minimum absolute atomic E-state index is 0.0195. The highest BCUT2D eigenvalue weighted by Crippen LogP contribution is 2.19. The Balaban J connectivity index is 2.24. The van der Waals surface area contributed by atoms with E-state index in [2.05, 4.69) is 10.6 Å². The molecule has 9 heteroatoms. The van der Waals surface area contributed by atoms with Crippen LogP contribution in [0.3, 0.4) is 0 Å². The molecule has 0 aliphatic carbocycles. The Kier molecular flexibility index (Phi) is 7.67. The lowest BCUT2D eigenvalue weighted by Gasteiger charge is -2.21. The summed E-state index contributed by atoms with van der Waals surface area (Å²) < 4.78 is 14.9. The molecule has 1 aromatic carbocycles. The van der Waals surface area contributed by atoms with Crippen molar-refractivity contribution in [3.63, 3.8) is 0 Å².